The first kappa shape index (κ1) is 23.5. The number of hydrogen-bond acceptors (Lipinski definition) is 6. The molecule has 2 aromatic carbocycles. The van der Waals surface area contributed by atoms with Crippen LogP contribution in [0.3, 0.4) is 0 Å². The highest BCUT2D eigenvalue weighted by Gasteiger charge is 2.21. The van der Waals surface area contributed by atoms with Crippen LogP contribution in [0.1, 0.15) is 21.7 Å². The van der Waals surface area contributed by atoms with E-state index >= 15 is 0 Å². The Hall–Kier alpha value is -3.23. The van der Waals surface area contributed by atoms with Crippen LogP contribution in [-0.4, -0.2) is 72.1 Å². The van der Waals surface area contributed by atoms with Crippen LogP contribution < -0.4 is 10.5 Å². The fraction of sp³-hybridized carbons (Fsp3) is 0.370. The van der Waals surface area contributed by atoms with E-state index in [0.29, 0.717) is 21.6 Å². The molecule has 0 N–H and O–H groups in total. The summed E-state index contributed by atoms with van der Waals surface area (Å²) < 4.78 is 1.69. The minimum Gasteiger partial charge on any atom is -0.370 e. The van der Waals surface area contributed by atoms with Crippen LogP contribution in [0.4, 0.5) is 5.69 Å². The molecule has 1 fully saturated rings. The Balaban J connectivity index is 1.29. The van der Waals surface area contributed by atoms with Gasteiger partial charge in [0.1, 0.15) is 4.83 Å². The van der Waals surface area contributed by atoms with Crippen molar-refractivity contribution in [3.63, 3.8) is 0 Å². The number of aromatic nitrogens is 2. The summed E-state index contributed by atoms with van der Waals surface area (Å²) in [7, 11) is 3.45. The monoisotopic (exact) mass is 489 g/mol. The lowest BCUT2D eigenvalue weighted by Gasteiger charge is -2.25. The van der Waals surface area contributed by atoms with Crippen molar-refractivity contribution in [2.24, 2.45) is 0 Å². The average molecular weight is 490 g/mol. The van der Waals surface area contributed by atoms with Crippen molar-refractivity contribution in [2.45, 2.75) is 19.9 Å². The molecule has 0 spiro atoms. The minimum atomic E-state index is -0.0863. The zero-order chi connectivity index (χ0) is 24.5. The fourth-order valence-electron chi connectivity index (χ4n) is 4.89. The van der Waals surface area contributed by atoms with E-state index in [4.69, 9.17) is 0 Å². The Morgan fingerprint density at radius 2 is 1.83 bits per heavy atom. The molecule has 182 valence electrons. The quantitative estimate of drug-likeness (QED) is 0.426. The van der Waals surface area contributed by atoms with Gasteiger partial charge in [0.15, 0.2) is 0 Å². The normalized spacial score (nSPS) is 15.0. The Kier molecular flexibility index (Phi) is 6.58. The van der Waals surface area contributed by atoms with Crippen LogP contribution >= 0.6 is 11.3 Å². The average Bonchev–Trinajstić information content (AvgIpc) is 3.03. The number of rotatable bonds is 5. The molecule has 0 unspecified atom stereocenters. The molecule has 1 aliphatic rings. The maximum Gasteiger partial charge on any atom is 0.263 e. The third-order valence-electron chi connectivity index (χ3n) is 6.87. The van der Waals surface area contributed by atoms with Crippen molar-refractivity contribution < 1.29 is 4.79 Å². The molecule has 2 aromatic heterocycles. The van der Waals surface area contributed by atoms with E-state index in [9.17, 15) is 9.59 Å². The van der Waals surface area contributed by atoms with Gasteiger partial charge < -0.3 is 9.80 Å². The molecule has 4 aromatic rings. The van der Waals surface area contributed by atoms with Gasteiger partial charge in [0.2, 0.25) is 0 Å². The molecular formula is C27H31N5O2S. The molecule has 0 atom stereocenters. The zero-order valence-electron chi connectivity index (χ0n) is 20.5. The van der Waals surface area contributed by atoms with Gasteiger partial charge in [-0.3, -0.25) is 19.1 Å². The number of fused-ring (bicyclic) bond motifs is 2. The molecule has 0 saturated carbocycles. The van der Waals surface area contributed by atoms with E-state index in [-0.39, 0.29) is 11.5 Å². The van der Waals surface area contributed by atoms with E-state index in [0.717, 1.165) is 44.7 Å². The predicted octanol–water partition coefficient (Wildman–Crippen LogP) is 3.83. The lowest BCUT2D eigenvalue weighted by molar-refractivity contribution is 0.0831. The van der Waals surface area contributed by atoms with Crippen LogP contribution in [0, 0.1) is 6.92 Å². The predicted molar refractivity (Wildman–Crippen MR) is 144 cm³/mol. The van der Waals surface area contributed by atoms with Crippen molar-refractivity contribution in [1.29, 1.82) is 0 Å². The third kappa shape index (κ3) is 4.56. The van der Waals surface area contributed by atoms with Gasteiger partial charge >= 0.3 is 0 Å². The van der Waals surface area contributed by atoms with Crippen LogP contribution in [0.5, 0.6) is 0 Å². The SMILES string of the molecule is Cc1c(C(=O)N(C)C)sc2ncn(CCN3CCCN(c4cccc5ccccc45)CC3)c(=O)c12. The maximum absolute atomic E-state index is 13.2. The van der Waals surface area contributed by atoms with Gasteiger partial charge in [-0.25, -0.2) is 4.98 Å². The Morgan fingerprint density at radius 1 is 1.03 bits per heavy atom. The van der Waals surface area contributed by atoms with Gasteiger partial charge in [-0.1, -0.05) is 36.4 Å². The zero-order valence-corrected chi connectivity index (χ0v) is 21.3. The van der Waals surface area contributed by atoms with Crippen molar-refractivity contribution in [2.75, 3.05) is 51.7 Å². The van der Waals surface area contributed by atoms with Crippen LogP contribution in [0.25, 0.3) is 21.0 Å². The highest BCUT2D eigenvalue weighted by Crippen LogP contribution is 2.28. The fourth-order valence-corrected chi connectivity index (χ4v) is 6.05. The highest BCUT2D eigenvalue weighted by molar-refractivity contribution is 7.20. The summed E-state index contributed by atoms with van der Waals surface area (Å²) in [6, 6.07) is 15.1. The van der Waals surface area contributed by atoms with Crippen LogP contribution in [-0.2, 0) is 6.54 Å². The van der Waals surface area contributed by atoms with E-state index in [1.165, 1.54) is 32.7 Å². The van der Waals surface area contributed by atoms with Gasteiger partial charge in [0.25, 0.3) is 11.5 Å². The van der Waals surface area contributed by atoms with Crippen LogP contribution in [0.15, 0.2) is 53.6 Å². The number of nitrogens with zero attached hydrogens (tertiary/aromatic N) is 5. The highest BCUT2D eigenvalue weighted by atomic mass is 32.1. The molecule has 1 aliphatic heterocycles. The lowest BCUT2D eigenvalue weighted by atomic mass is 10.1. The van der Waals surface area contributed by atoms with Gasteiger partial charge in [0.05, 0.1) is 16.6 Å². The lowest BCUT2D eigenvalue weighted by Crippen LogP contribution is -2.34. The molecule has 3 heterocycles. The Labute approximate surface area is 209 Å². The van der Waals surface area contributed by atoms with Crippen molar-refractivity contribution >= 4 is 43.9 Å². The second-order valence-corrected chi connectivity index (χ2v) is 10.4. The van der Waals surface area contributed by atoms with E-state index in [2.05, 4.69) is 57.2 Å². The molecule has 0 radical (unpaired) electrons. The summed E-state index contributed by atoms with van der Waals surface area (Å²) >= 11 is 1.30. The van der Waals surface area contributed by atoms with Crippen molar-refractivity contribution in [3.8, 4) is 0 Å². The largest absolute Gasteiger partial charge is 0.370 e. The second-order valence-electron chi connectivity index (χ2n) is 9.36. The number of carbonyl (C=O) groups excluding carboxylic acids is 1. The first-order valence-electron chi connectivity index (χ1n) is 12.1. The summed E-state index contributed by atoms with van der Waals surface area (Å²) in [5.74, 6) is -0.0863. The summed E-state index contributed by atoms with van der Waals surface area (Å²) in [5.41, 5.74) is 1.97. The van der Waals surface area contributed by atoms with Gasteiger partial charge in [-0.05, 0) is 36.9 Å². The molecule has 7 nitrogen and oxygen atoms in total. The third-order valence-corrected chi connectivity index (χ3v) is 8.06. The number of aryl methyl sites for hydroxylation is 1. The maximum atomic E-state index is 13.2. The number of anilines is 1. The number of benzene rings is 2. The number of hydrogen-bond donors (Lipinski definition) is 0. The summed E-state index contributed by atoms with van der Waals surface area (Å²) in [6.45, 7) is 7.16. The summed E-state index contributed by atoms with van der Waals surface area (Å²) in [5, 5.41) is 3.14. The first-order chi connectivity index (χ1) is 16.9. The number of thiophene rings is 1. The number of carbonyl (C=O) groups is 1. The topological polar surface area (TPSA) is 61.7 Å². The van der Waals surface area contributed by atoms with E-state index < -0.39 is 0 Å². The van der Waals surface area contributed by atoms with Gasteiger partial charge in [0, 0.05) is 57.9 Å². The molecule has 1 saturated heterocycles. The molecule has 5 rings (SSSR count). The van der Waals surface area contributed by atoms with Crippen molar-refractivity contribution in [1.82, 2.24) is 19.4 Å². The number of amides is 1. The second kappa shape index (κ2) is 9.79. The van der Waals surface area contributed by atoms with Crippen molar-refractivity contribution in [3.05, 3.63) is 69.6 Å². The molecule has 1 amide bonds. The van der Waals surface area contributed by atoms with Gasteiger partial charge in [-0.15, -0.1) is 11.3 Å². The molecule has 0 bridgehead atoms. The standard InChI is InChI=1S/C27H31N5O2S/c1-19-23-25(35-24(19)27(34)29(2)3)28-18-32(26(23)33)17-15-30-12-7-13-31(16-14-30)22-11-6-9-20-8-4-5-10-21(20)22/h4-6,8-11,18H,7,12-17H2,1-3H3. The molecule has 0 aliphatic carbocycles. The van der Waals surface area contributed by atoms with E-state index in [1.54, 1.807) is 25.0 Å². The van der Waals surface area contributed by atoms with Crippen LogP contribution in [0.2, 0.25) is 0 Å². The first-order valence-corrected chi connectivity index (χ1v) is 12.9. The summed E-state index contributed by atoms with van der Waals surface area (Å²) in [6.07, 6.45) is 2.71. The Bertz CT molecular complexity index is 1440. The molecule has 35 heavy (non-hydrogen) atoms. The molecular weight excluding hydrogens is 458 g/mol. The summed E-state index contributed by atoms with van der Waals surface area (Å²) in [4.78, 5) is 37.9. The Morgan fingerprint density at radius 3 is 2.66 bits per heavy atom. The molecule has 8 heteroatoms. The van der Waals surface area contributed by atoms with E-state index in [1.807, 2.05) is 6.92 Å². The smallest absolute Gasteiger partial charge is 0.263 e. The van der Waals surface area contributed by atoms with Gasteiger partial charge in [-0.2, -0.15) is 0 Å². The minimum absolute atomic E-state index is 0.0613.